The summed E-state index contributed by atoms with van der Waals surface area (Å²) in [5.74, 6) is -0.124. The Morgan fingerprint density at radius 1 is 1.35 bits per heavy atom. The molecule has 0 unspecified atom stereocenters. The molecule has 0 aromatic carbocycles. The van der Waals surface area contributed by atoms with E-state index in [2.05, 4.69) is 15.3 Å². The smallest absolute Gasteiger partial charge is 0.289 e. The van der Waals surface area contributed by atoms with E-state index in [4.69, 9.17) is 13.7 Å². The third-order valence-electron chi connectivity index (χ3n) is 4.42. The largest absolute Gasteiger partial charge is 0.364 e. The minimum atomic E-state index is -3.68. The first-order valence-corrected chi connectivity index (χ1v) is 10.1. The Hall–Kier alpha value is -1.55. The van der Waals surface area contributed by atoms with Gasteiger partial charge in [0.1, 0.15) is 18.2 Å². The fraction of sp³-hybridized carbons (Fsp3) is 0.647. The molecule has 8 nitrogen and oxygen atoms in total. The molecule has 1 aliphatic heterocycles. The molecular formula is C17H25N3O5S. The van der Waals surface area contributed by atoms with Crippen LogP contribution in [-0.4, -0.2) is 49.0 Å². The minimum absolute atomic E-state index is 0.0551. The summed E-state index contributed by atoms with van der Waals surface area (Å²) in [4.78, 5) is 8.33. The van der Waals surface area contributed by atoms with Gasteiger partial charge in [0.05, 0.1) is 24.2 Å². The topological polar surface area (TPSA) is 99.6 Å². The van der Waals surface area contributed by atoms with Gasteiger partial charge in [-0.2, -0.15) is 8.42 Å². The highest BCUT2D eigenvalue weighted by Gasteiger charge is 2.53. The van der Waals surface area contributed by atoms with Crippen molar-refractivity contribution in [1.82, 2.24) is 9.97 Å². The Bertz CT molecular complexity index is 780. The van der Waals surface area contributed by atoms with Crippen molar-refractivity contribution >= 4 is 15.9 Å². The zero-order valence-electron chi connectivity index (χ0n) is 15.4. The summed E-state index contributed by atoms with van der Waals surface area (Å²) in [6.45, 7) is 7.35. The van der Waals surface area contributed by atoms with Crippen LogP contribution < -0.4 is 5.32 Å². The number of aromatic nitrogens is 2. The molecule has 1 saturated carbocycles. The second kappa shape index (κ2) is 7.22. The summed E-state index contributed by atoms with van der Waals surface area (Å²) >= 11 is 0. The van der Waals surface area contributed by atoms with Gasteiger partial charge in [0.15, 0.2) is 5.79 Å². The van der Waals surface area contributed by atoms with Gasteiger partial charge in [-0.15, -0.1) is 0 Å². The van der Waals surface area contributed by atoms with Gasteiger partial charge in [0.25, 0.3) is 10.1 Å². The van der Waals surface area contributed by atoms with Crippen LogP contribution in [0.2, 0.25) is 0 Å². The number of fused-ring (bicyclic) bond motifs is 1. The van der Waals surface area contributed by atoms with Crippen molar-refractivity contribution in [3.63, 3.8) is 0 Å². The lowest BCUT2D eigenvalue weighted by molar-refractivity contribution is -0.155. The van der Waals surface area contributed by atoms with E-state index >= 15 is 0 Å². The first-order chi connectivity index (χ1) is 12.2. The van der Waals surface area contributed by atoms with Gasteiger partial charge in [0, 0.05) is 17.7 Å². The Labute approximate surface area is 154 Å². The molecule has 2 heterocycles. The molecule has 9 heteroatoms. The number of aryl methyl sites for hydroxylation is 1. The van der Waals surface area contributed by atoms with Crippen molar-refractivity contribution < 1.29 is 22.1 Å². The molecule has 0 spiro atoms. The van der Waals surface area contributed by atoms with Gasteiger partial charge in [-0.25, -0.2) is 9.97 Å². The van der Waals surface area contributed by atoms with Crippen LogP contribution in [-0.2, 0) is 23.8 Å². The van der Waals surface area contributed by atoms with Gasteiger partial charge in [-0.1, -0.05) is 6.08 Å². The summed E-state index contributed by atoms with van der Waals surface area (Å²) in [7, 11) is -3.68. The van der Waals surface area contributed by atoms with Crippen LogP contribution in [0.25, 0.3) is 0 Å². The zero-order chi connectivity index (χ0) is 18.9. The molecule has 144 valence electrons. The Kier molecular flexibility index (Phi) is 5.34. The number of hydrogen-bond donors (Lipinski definition) is 1. The SMILES string of the molecule is CCOS(=O)(=O)/C=C/[C@H]1C[C@@H](Nc2cc(C)ncn2)[C@@H]2OC(C)(C)O[C@@H]21. The predicted octanol–water partition coefficient (Wildman–Crippen LogP) is 1.99. The fourth-order valence-electron chi connectivity index (χ4n) is 3.47. The third kappa shape index (κ3) is 4.40. The van der Waals surface area contributed by atoms with Crippen LogP contribution in [0.3, 0.4) is 0 Å². The molecular weight excluding hydrogens is 358 g/mol. The Morgan fingerprint density at radius 2 is 2.08 bits per heavy atom. The number of nitrogens with zero attached hydrogens (tertiary/aromatic N) is 2. The lowest BCUT2D eigenvalue weighted by Crippen LogP contribution is -2.34. The first-order valence-electron chi connectivity index (χ1n) is 8.67. The van der Waals surface area contributed by atoms with Gasteiger partial charge in [-0.05, 0) is 34.1 Å². The molecule has 0 amide bonds. The maximum absolute atomic E-state index is 11.8. The van der Waals surface area contributed by atoms with Crippen LogP contribution >= 0.6 is 0 Å². The van der Waals surface area contributed by atoms with Crippen molar-refractivity contribution in [2.45, 2.75) is 58.2 Å². The summed E-state index contributed by atoms with van der Waals surface area (Å²) in [5.41, 5.74) is 0.861. The highest BCUT2D eigenvalue weighted by atomic mass is 32.2. The molecule has 0 radical (unpaired) electrons. The Morgan fingerprint density at radius 3 is 2.77 bits per heavy atom. The van der Waals surface area contributed by atoms with E-state index < -0.39 is 15.9 Å². The number of anilines is 1. The van der Waals surface area contributed by atoms with Crippen molar-refractivity contribution in [2.24, 2.45) is 5.92 Å². The summed E-state index contributed by atoms with van der Waals surface area (Å²) in [5, 5.41) is 4.49. The van der Waals surface area contributed by atoms with Crippen molar-refractivity contribution in [1.29, 1.82) is 0 Å². The molecule has 4 atom stereocenters. The molecule has 1 aromatic rings. The van der Waals surface area contributed by atoms with E-state index in [-0.39, 0.29) is 30.8 Å². The maximum Gasteiger partial charge on any atom is 0.289 e. The standard InChI is InChI=1S/C17H25N3O5S/c1-5-23-26(21,22)7-6-12-9-13(16-15(12)24-17(3,4)25-16)20-14-8-11(2)18-10-19-14/h6-8,10,12-13,15-16H,5,9H2,1-4H3,(H,18,19,20)/b7-6+/t12-,13+,15+,16-/m0/s1. The first kappa shape index (κ1) is 19.2. The predicted molar refractivity (Wildman–Crippen MR) is 95.8 cm³/mol. The van der Waals surface area contributed by atoms with Crippen molar-refractivity contribution in [3.8, 4) is 0 Å². The molecule has 26 heavy (non-hydrogen) atoms. The maximum atomic E-state index is 11.8. The highest BCUT2D eigenvalue weighted by molar-refractivity contribution is 7.89. The molecule has 2 fully saturated rings. The number of hydrogen-bond acceptors (Lipinski definition) is 8. The average Bonchev–Trinajstić information content (AvgIpc) is 3.00. The van der Waals surface area contributed by atoms with Gasteiger partial charge in [-0.3, -0.25) is 4.18 Å². The summed E-state index contributed by atoms with van der Waals surface area (Å²) in [6, 6.07) is 1.80. The van der Waals surface area contributed by atoms with Crippen LogP contribution in [0.4, 0.5) is 5.82 Å². The van der Waals surface area contributed by atoms with Crippen molar-refractivity contribution in [3.05, 3.63) is 29.6 Å². The molecule has 1 saturated heterocycles. The average molecular weight is 383 g/mol. The van der Waals surface area contributed by atoms with E-state index in [1.54, 1.807) is 13.0 Å². The van der Waals surface area contributed by atoms with Crippen LogP contribution in [0.15, 0.2) is 23.9 Å². The number of nitrogens with one attached hydrogen (secondary N) is 1. The highest BCUT2D eigenvalue weighted by Crippen LogP contribution is 2.43. The van der Waals surface area contributed by atoms with E-state index in [9.17, 15) is 8.42 Å². The van der Waals surface area contributed by atoms with Gasteiger partial charge in [0.2, 0.25) is 0 Å². The van der Waals surface area contributed by atoms with E-state index in [1.807, 2.05) is 26.8 Å². The van der Waals surface area contributed by atoms with Gasteiger partial charge < -0.3 is 14.8 Å². The van der Waals surface area contributed by atoms with Crippen molar-refractivity contribution in [2.75, 3.05) is 11.9 Å². The van der Waals surface area contributed by atoms with E-state index in [0.717, 1.165) is 11.1 Å². The van der Waals surface area contributed by atoms with E-state index in [0.29, 0.717) is 12.2 Å². The zero-order valence-corrected chi connectivity index (χ0v) is 16.2. The summed E-state index contributed by atoms with van der Waals surface area (Å²) < 4.78 is 40.4. The molecule has 1 N–H and O–H groups in total. The monoisotopic (exact) mass is 383 g/mol. The molecule has 1 aromatic heterocycles. The normalized spacial score (nSPS) is 30.6. The van der Waals surface area contributed by atoms with E-state index in [1.165, 1.54) is 6.33 Å². The van der Waals surface area contributed by atoms with Crippen LogP contribution in [0, 0.1) is 12.8 Å². The molecule has 0 bridgehead atoms. The molecule has 1 aliphatic carbocycles. The third-order valence-corrected chi connectivity index (χ3v) is 5.47. The second-order valence-electron chi connectivity index (χ2n) is 6.99. The Balaban J connectivity index is 1.78. The number of ether oxygens (including phenoxy) is 2. The minimum Gasteiger partial charge on any atom is -0.364 e. The van der Waals surface area contributed by atoms with Gasteiger partial charge >= 0.3 is 0 Å². The number of rotatable bonds is 6. The lowest BCUT2D eigenvalue weighted by atomic mass is 10.1. The fourth-order valence-corrected chi connectivity index (χ4v) is 4.28. The molecule has 2 aliphatic rings. The van der Waals surface area contributed by atoms with Crippen LogP contribution in [0.1, 0.15) is 32.9 Å². The second-order valence-corrected chi connectivity index (χ2v) is 8.48. The molecule has 3 rings (SSSR count). The van der Waals surface area contributed by atoms with Crippen LogP contribution in [0.5, 0.6) is 0 Å². The quantitative estimate of drug-likeness (QED) is 0.745. The lowest BCUT2D eigenvalue weighted by Gasteiger charge is -2.23. The summed E-state index contributed by atoms with van der Waals surface area (Å²) in [6.07, 6.45) is 3.36.